The van der Waals surface area contributed by atoms with Crippen LogP contribution in [-0.4, -0.2) is 34.3 Å². The third-order valence-corrected chi connectivity index (χ3v) is 5.91. The van der Waals surface area contributed by atoms with Crippen LogP contribution in [0.3, 0.4) is 0 Å². The molecule has 156 valence electrons. The summed E-state index contributed by atoms with van der Waals surface area (Å²) in [7, 11) is 0. The van der Waals surface area contributed by atoms with Crippen LogP contribution in [0.15, 0.2) is 48.5 Å². The van der Waals surface area contributed by atoms with Gasteiger partial charge in [-0.2, -0.15) is 11.8 Å². The number of amides is 1. The molecule has 2 aromatic carbocycles. The standard InChI is InChI=1S/C23H25N3O3S/c1-30-15-21-24-19-10-4-5-12-20(19)26(21)13-23(28)29-14-22(27)25-18-11-6-8-16-7-2-3-9-17(16)18/h2-5,7,9-10,12,18H,6,8,11,13-15H2,1H3,(H,25,27)/t18-/m1/s1. The molecule has 1 heterocycles. The van der Waals surface area contributed by atoms with Crippen LogP contribution in [0.2, 0.25) is 0 Å². The number of para-hydroxylation sites is 2. The van der Waals surface area contributed by atoms with E-state index in [0.717, 1.165) is 41.7 Å². The number of aromatic nitrogens is 2. The fourth-order valence-electron chi connectivity index (χ4n) is 4.00. The molecule has 1 atom stereocenters. The lowest BCUT2D eigenvalue weighted by Crippen LogP contribution is -2.34. The molecule has 0 aliphatic heterocycles. The number of carbonyl (C=O) groups is 2. The summed E-state index contributed by atoms with van der Waals surface area (Å²) < 4.78 is 7.15. The molecule has 30 heavy (non-hydrogen) atoms. The van der Waals surface area contributed by atoms with Gasteiger partial charge in [0, 0.05) is 0 Å². The minimum absolute atomic E-state index is 0.0214. The molecule has 0 saturated carbocycles. The van der Waals surface area contributed by atoms with Crippen molar-refractivity contribution in [1.82, 2.24) is 14.9 Å². The van der Waals surface area contributed by atoms with Crippen molar-refractivity contribution >= 4 is 34.7 Å². The van der Waals surface area contributed by atoms with Gasteiger partial charge in [-0.05, 0) is 48.8 Å². The number of thioether (sulfide) groups is 1. The summed E-state index contributed by atoms with van der Waals surface area (Å²) in [6, 6.07) is 15.9. The van der Waals surface area contributed by atoms with E-state index < -0.39 is 5.97 Å². The number of aryl methyl sites for hydroxylation is 1. The fourth-order valence-corrected chi connectivity index (χ4v) is 4.48. The van der Waals surface area contributed by atoms with Crippen LogP contribution in [0, 0.1) is 0 Å². The maximum atomic E-state index is 12.4. The number of hydrogen-bond donors (Lipinski definition) is 1. The van der Waals surface area contributed by atoms with E-state index >= 15 is 0 Å². The minimum atomic E-state index is -0.445. The maximum absolute atomic E-state index is 12.4. The average molecular weight is 424 g/mol. The van der Waals surface area contributed by atoms with Gasteiger partial charge < -0.3 is 14.6 Å². The van der Waals surface area contributed by atoms with Crippen LogP contribution >= 0.6 is 11.8 Å². The van der Waals surface area contributed by atoms with Crippen molar-refractivity contribution in [2.75, 3.05) is 12.9 Å². The zero-order valence-corrected chi connectivity index (χ0v) is 17.8. The molecule has 1 amide bonds. The first kappa shape index (κ1) is 20.5. The number of imidazole rings is 1. The molecule has 0 radical (unpaired) electrons. The second-order valence-electron chi connectivity index (χ2n) is 7.41. The fraction of sp³-hybridized carbons (Fsp3) is 0.348. The molecular weight excluding hydrogens is 398 g/mol. The Morgan fingerprint density at radius 2 is 2.00 bits per heavy atom. The van der Waals surface area contributed by atoms with Crippen LogP contribution in [-0.2, 0) is 33.0 Å². The summed E-state index contributed by atoms with van der Waals surface area (Å²) in [6.07, 6.45) is 4.97. The Kier molecular flexibility index (Phi) is 6.38. The summed E-state index contributed by atoms with van der Waals surface area (Å²) in [5.41, 5.74) is 4.18. The molecule has 1 aromatic heterocycles. The highest BCUT2D eigenvalue weighted by Gasteiger charge is 2.22. The van der Waals surface area contributed by atoms with Crippen molar-refractivity contribution in [3.63, 3.8) is 0 Å². The summed E-state index contributed by atoms with van der Waals surface area (Å²) >= 11 is 1.64. The summed E-state index contributed by atoms with van der Waals surface area (Å²) in [5, 5.41) is 3.01. The first-order valence-electron chi connectivity index (χ1n) is 10.1. The molecular formula is C23H25N3O3S. The van der Waals surface area contributed by atoms with Crippen molar-refractivity contribution < 1.29 is 14.3 Å². The van der Waals surface area contributed by atoms with Crippen LogP contribution < -0.4 is 5.32 Å². The van der Waals surface area contributed by atoms with Crippen molar-refractivity contribution in [3.05, 3.63) is 65.5 Å². The van der Waals surface area contributed by atoms with E-state index in [2.05, 4.69) is 22.4 Å². The lowest BCUT2D eigenvalue weighted by molar-refractivity contribution is -0.149. The number of rotatable bonds is 7. The Morgan fingerprint density at radius 3 is 2.87 bits per heavy atom. The largest absolute Gasteiger partial charge is 0.454 e. The van der Waals surface area contributed by atoms with E-state index in [4.69, 9.17) is 4.74 Å². The van der Waals surface area contributed by atoms with Crippen LogP contribution in [0.25, 0.3) is 11.0 Å². The number of nitrogens with zero attached hydrogens (tertiary/aromatic N) is 2. The SMILES string of the molecule is CSCc1nc2ccccc2n1CC(=O)OCC(=O)N[C@@H]1CCCc2ccccc21. The van der Waals surface area contributed by atoms with Crippen molar-refractivity contribution in [1.29, 1.82) is 0 Å². The minimum Gasteiger partial charge on any atom is -0.454 e. The lowest BCUT2D eigenvalue weighted by atomic mass is 9.88. The smallest absolute Gasteiger partial charge is 0.326 e. The van der Waals surface area contributed by atoms with Crippen molar-refractivity contribution in [3.8, 4) is 0 Å². The second kappa shape index (κ2) is 9.34. The Bertz CT molecular complexity index is 1060. The molecule has 0 spiro atoms. The van der Waals surface area contributed by atoms with Crippen LogP contribution in [0.1, 0.15) is 35.8 Å². The van der Waals surface area contributed by atoms with Gasteiger partial charge in [-0.3, -0.25) is 9.59 Å². The van der Waals surface area contributed by atoms with Crippen molar-refractivity contribution in [2.45, 2.75) is 37.6 Å². The van der Waals surface area contributed by atoms with Gasteiger partial charge in [0.2, 0.25) is 0 Å². The third kappa shape index (κ3) is 4.51. The zero-order valence-electron chi connectivity index (χ0n) is 17.0. The average Bonchev–Trinajstić information content (AvgIpc) is 3.10. The second-order valence-corrected chi connectivity index (χ2v) is 8.27. The van der Waals surface area contributed by atoms with E-state index in [1.807, 2.05) is 47.2 Å². The quantitative estimate of drug-likeness (QED) is 0.588. The Hall–Kier alpha value is -2.80. The molecule has 0 unspecified atom stereocenters. The summed E-state index contributed by atoms with van der Waals surface area (Å²) in [5.74, 6) is 0.803. The van der Waals surface area contributed by atoms with E-state index in [1.54, 1.807) is 11.8 Å². The number of fused-ring (bicyclic) bond motifs is 2. The van der Waals surface area contributed by atoms with Gasteiger partial charge in [0.15, 0.2) is 6.61 Å². The highest BCUT2D eigenvalue weighted by molar-refractivity contribution is 7.97. The Balaban J connectivity index is 1.36. The molecule has 0 fully saturated rings. The topological polar surface area (TPSA) is 73.2 Å². The van der Waals surface area contributed by atoms with Gasteiger partial charge >= 0.3 is 5.97 Å². The van der Waals surface area contributed by atoms with E-state index in [0.29, 0.717) is 5.75 Å². The first-order valence-corrected chi connectivity index (χ1v) is 11.5. The molecule has 1 N–H and O–H groups in total. The van der Waals surface area contributed by atoms with Crippen molar-refractivity contribution in [2.24, 2.45) is 0 Å². The Labute approximate surface area is 180 Å². The molecule has 0 bridgehead atoms. The molecule has 1 aliphatic carbocycles. The molecule has 4 rings (SSSR count). The number of ether oxygens (including phenoxy) is 1. The van der Waals surface area contributed by atoms with E-state index in [9.17, 15) is 9.59 Å². The maximum Gasteiger partial charge on any atom is 0.326 e. The number of hydrogen-bond acceptors (Lipinski definition) is 5. The van der Waals surface area contributed by atoms with Crippen LogP contribution in [0.4, 0.5) is 0 Å². The zero-order chi connectivity index (χ0) is 20.9. The predicted octanol–water partition coefficient (Wildman–Crippen LogP) is 3.64. The molecule has 3 aromatic rings. The van der Waals surface area contributed by atoms with Gasteiger partial charge in [0.25, 0.3) is 5.91 Å². The number of nitrogens with one attached hydrogen (secondary N) is 1. The molecule has 0 saturated heterocycles. The van der Waals surface area contributed by atoms with Gasteiger partial charge in [-0.15, -0.1) is 0 Å². The van der Waals surface area contributed by atoms with Gasteiger partial charge in [-0.25, -0.2) is 4.98 Å². The van der Waals surface area contributed by atoms with Gasteiger partial charge in [-0.1, -0.05) is 36.4 Å². The molecule has 6 nitrogen and oxygen atoms in total. The predicted molar refractivity (Wildman–Crippen MR) is 118 cm³/mol. The molecule has 7 heteroatoms. The lowest BCUT2D eigenvalue weighted by Gasteiger charge is -2.26. The van der Waals surface area contributed by atoms with E-state index in [1.165, 1.54) is 5.56 Å². The summed E-state index contributed by atoms with van der Waals surface area (Å²) in [6.45, 7) is -0.238. The normalized spacial score (nSPS) is 15.6. The number of carbonyl (C=O) groups excluding carboxylic acids is 2. The van der Waals surface area contributed by atoms with E-state index in [-0.39, 0.29) is 25.1 Å². The van der Waals surface area contributed by atoms with Gasteiger partial charge in [0.05, 0.1) is 22.8 Å². The highest BCUT2D eigenvalue weighted by Crippen LogP contribution is 2.29. The van der Waals surface area contributed by atoms with Gasteiger partial charge in [0.1, 0.15) is 12.4 Å². The molecule has 1 aliphatic rings. The summed E-state index contributed by atoms with van der Waals surface area (Å²) in [4.78, 5) is 29.5. The highest BCUT2D eigenvalue weighted by atomic mass is 32.2. The number of benzene rings is 2. The monoisotopic (exact) mass is 423 g/mol. The van der Waals surface area contributed by atoms with Crippen LogP contribution in [0.5, 0.6) is 0 Å². The number of esters is 1. The Morgan fingerprint density at radius 1 is 1.20 bits per heavy atom. The first-order chi connectivity index (χ1) is 14.7. The third-order valence-electron chi connectivity index (χ3n) is 5.36.